The largest absolute Gasteiger partial charge is 0.482 e. The van der Waals surface area contributed by atoms with Gasteiger partial charge in [-0.3, -0.25) is 4.79 Å². The molecule has 2 rings (SSSR count). The maximum Gasteiger partial charge on any atom is 0.344 e. The minimum absolute atomic E-state index is 0.250. The lowest BCUT2D eigenvalue weighted by molar-refractivity contribution is -0.155. The smallest absolute Gasteiger partial charge is 0.344 e. The van der Waals surface area contributed by atoms with Crippen molar-refractivity contribution in [1.29, 1.82) is 0 Å². The first kappa shape index (κ1) is 19.3. The SMILES string of the molecule is Cc1ccccc1OCC(=O)OC(C)C(=O)Nc1ccc(N(C)C)cc1. The summed E-state index contributed by atoms with van der Waals surface area (Å²) in [5, 5.41) is 2.72. The fourth-order valence-corrected chi connectivity index (χ4v) is 2.23. The van der Waals surface area contributed by atoms with Gasteiger partial charge in [-0.15, -0.1) is 0 Å². The molecule has 1 atom stereocenters. The first-order valence-corrected chi connectivity index (χ1v) is 8.33. The van der Waals surface area contributed by atoms with Crippen LogP contribution in [-0.4, -0.2) is 38.7 Å². The van der Waals surface area contributed by atoms with Gasteiger partial charge < -0.3 is 19.7 Å². The molecule has 0 radical (unpaired) electrons. The molecule has 6 nitrogen and oxygen atoms in total. The van der Waals surface area contributed by atoms with Gasteiger partial charge in [-0.1, -0.05) is 18.2 Å². The number of benzene rings is 2. The van der Waals surface area contributed by atoms with Gasteiger partial charge in [0.05, 0.1) is 0 Å². The summed E-state index contributed by atoms with van der Waals surface area (Å²) >= 11 is 0. The van der Waals surface area contributed by atoms with E-state index in [1.807, 2.05) is 56.3 Å². The summed E-state index contributed by atoms with van der Waals surface area (Å²) in [6.07, 6.45) is -0.920. The van der Waals surface area contributed by atoms with Crippen molar-refractivity contribution in [3.8, 4) is 5.75 Å². The highest BCUT2D eigenvalue weighted by Crippen LogP contribution is 2.17. The summed E-state index contributed by atoms with van der Waals surface area (Å²) < 4.78 is 10.5. The number of carbonyl (C=O) groups excluding carboxylic acids is 2. The number of nitrogens with one attached hydrogen (secondary N) is 1. The minimum atomic E-state index is -0.920. The second kappa shape index (κ2) is 8.89. The van der Waals surface area contributed by atoms with Crippen LogP contribution in [0.5, 0.6) is 5.75 Å². The summed E-state index contributed by atoms with van der Waals surface area (Å²) in [4.78, 5) is 26.0. The highest BCUT2D eigenvalue weighted by atomic mass is 16.6. The van der Waals surface area contributed by atoms with E-state index in [0.717, 1.165) is 11.3 Å². The topological polar surface area (TPSA) is 67.9 Å². The molecule has 0 heterocycles. The van der Waals surface area contributed by atoms with Crippen molar-refractivity contribution in [2.75, 3.05) is 30.9 Å². The Kier molecular flexibility index (Phi) is 6.60. The molecule has 2 aromatic rings. The van der Waals surface area contributed by atoms with Crippen molar-refractivity contribution >= 4 is 23.3 Å². The van der Waals surface area contributed by atoms with Gasteiger partial charge in [-0.25, -0.2) is 4.79 Å². The Balaban J connectivity index is 1.82. The molecular formula is C20H24N2O4. The van der Waals surface area contributed by atoms with Gasteiger partial charge >= 0.3 is 5.97 Å². The van der Waals surface area contributed by atoms with E-state index in [0.29, 0.717) is 11.4 Å². The summed E-state index contributed by atoms with van der Waals surface area (Å²) in [6, 6.07) is 14.7. The molecule has 0 spiro atoms. The van der Waals surface area contributed by atoms with Crippen LogP contribution in [0.3, 0.4) is 0 Å². The first-order chi connectivity index (χ1) is 12.4. The van der Waals surface area contributed by atoms with Gasteiger partial charge in [-0.05, 0) is 49.7 Å². The molecule has 0 fully saturated rings. The molecule has 0 saturated heterocycles. The Morgan fingerprint density at radius 1 is 1.08 bits per heavy atom. The molecule has 26 heavy (non-hydrogen) atoms. The van der Waals surface area contributed by atoms with Crippen LogP contribution in [0.15, 0.2) is 48.5 Å². The monoisotopic (exact) mass is 356 g/mol. The standard InChI is InChI=1S/C20H24N2O4/c1-14-7-5-6-8-18(14)25-13-19(23)26-15(2)20(24)21-16-9-11-17(12-10-16)22(3)4/h5-12,15H,13H2,1-4H3,(H,21,24). The molecule has 0 aliphatic carbocycles. The van der Waals surface area contributed by atoms with Gasteiger partial charge in [0.1, 0.15) is 5.75 Å². The third-order valence-electron chi connectivity index (χ3n) is 3.77. The summed E-state index contributed by atoms with van der Waals surface area (Å²) in [6.45, 7) is 3.16. The number of amides is 1. The Hall–Kier alpha value is -3.02. The maximum atomic E-state index is 12.2. The Morgan fingerprint density at radius 2 is 1.73 bits per heavy atom. The van der Waals surface area contributed by atoms with Crippen LogP contribution >= 0.6 is 0 Å². The van der Waals surface area contributed by atoms with Crippen molar-refractivity contribution in [1.82, 2.24) is 0 Å². The molecule has 0 aromatic heterocycles. The molecule has 1 unspecified atom stereocenters. The molecule has 138 valence electrons. The highest BCUT2D eigenvalue weighted by molar-refractivity contribution is 5.95. The second-order valence-corrected chi connectivity index (χ2v) is 6.12. The average Bonchev–Trinajstić information content (AvgIpc) is 2.61. The van der Waals surface area contributed by atoms with E-state index < -0.39 is 18.0 Å². The molecule has 6 heteroatoms. The first-order valence-electron chi connectivity index (χ1n) is 8.33. The van der Waals surface area contributed by atoms with E-state index >= 15 is 0 Å². The zero-order valence-electron chi connectivity index (χ0n) is 15.5. The number of rotatable bonds is 7. The van der Waals surface area contributed by atoms with Gasteiger partial charge in [0, 0.05) is 25.5 Å². The van der Waals surface area contributed by atoms with Crippen LogP contribution < -0.4 is 15.0 Å². The van der Waals surface area contributed by atoms with Crippen LogP contribution in [0, 0.1) is 6.92 Å². The highest BCUT2D eigenvalue weighted by Gasteiger charge is 2.18. The molecule has 0 bridgehead atoms. The Bertz CT molecular complexity index is 757. The second-order valence-electron chi connectivity index (χ2n) is 6.12. The number of para-hydroxylation sites is 1. The maximum absolute atomic E-state index is 12.2. The van der Waals surface area contributed by atoms with E-state index in [2.05, 4.69) is 5.32 Å². The normalized spacial score (nSPS) is 11.4. The van der Waals surface area contributed by atoms with Gasteiger partial charge in [0.25, 0.3) is 5.91 Å². The quantitative estimate of drug-likeness (QED) is 0.773. The van der Waals surface area contributed by atoms with Crippen LogP contribution in [0.1, 0.15) is 12.5 Å². The van der Waals surface area contributed by atoms with Crippen LogP contribution in [0.4, 0.5) is 11.4 Å². The molecule has 0 saturated carbocycles. The minimum Gasteiger partial charge on any atom is -0.482 e. The lowest BCUT2D eigenvalue weighted by Crippen LogP contribution is -2.31. The zero-order chi connectivity index (χ0) is 19.1. The van der Waals surface area contributed by atoms with Crippen LogP contribution in [0.2, 0.25) is 0 Å². The number of ether oxygens (including phenoxy) is 2. The summed E-state index contributed by atoms with van der Waals surface area (Å²) in [5.74, 6) is -0.381. The molecule has 2 aromatic carbocycles. The molecule has 0 aliphatic rings. The number of nitrogens with zero attached hydrogens (tertiary/aromatic N) is 1. The number of hydrogen-bond acceptors (Lipinski definition) is 5. The molecule has 1 N–H and O–H groups in total. The number of anilines is 2. The third-order valence-corrected chi connectivity index (χ3v) is 3.77. The zero-order valence-corrected chi connectivity index (χ0v) is 15.5. The van der Waals surface area contributed by atoms with Crippen molar-refractivity contribution in [2.24, 2.45) is 0 Å². The number of esters is 1. The van der Waals surface area contributed by atoms with Crippen molar-refractivity contribution in [3.05, 3.63) is 54.1 Å². The molecular weight excluding hydrogens is 332 g/mol. The Labute approximate surface area is 153 Å². The van der Waals surface area contributed by atoms with Crippen molar-refractivity contribution < 1.29 is 19.1 Å². The third kappa shape index (κ3) is 5.51. The average molecular weight is 356 g/mol. The van der Waals surface area contributed by atoms with Crippen LogP contribution in [0.25, 0.3) is 0 Å². The molecule has 0 aliphatic heterocycles. The predicted molar refractivity (Wildman–Crippen MR) is 102 cm³/mol. The number of aryl methyl sites for hydroxylation is 1. The molecule has 1 amide bonds. The van der Waals surface area contributed by atoms with Crippen LogP contribution in [-0.2, 0) is 14.3 Å². The summed E-state index contributed by atoms with van der Waals surface area (Å²) in [7, 11) is 3.88. The van der Waals surface area contributed by atoms with E-state index in [-0.39, 0.29) is 6.61 Å². The van der Waals surface area contributed by atoms with Gasteiger partial charge in [-0.2, -0.15) is 0 Å². The predicted octanol–water partition coefficient (Wildman–Crippen LogP) is 3.01. The van der Waals surface area contributed by atoms with E-state index in [9.17, 15) is 9.59 Å². The van der Waals surface area contributed by atoms with E-state index in [1.165, 1.54) is 6.92 Å². The van der Waals surface area contributed by atoms with Gasteiger partial charge in [0.2, 0.25) is 0 Å². The van der Waals surface area contributed by atoms with E-state index in [4.69, 9.17) is 9.47 Å². The summed E-state index contributed by atoms with van der Waals surface area (Å²) in [5.41, 5.74) is 2.59. The fraction of sp³-hybridized carbons (Fsp3) is 0.300. The van der Waals surface area contributed by atoms with Crippen molar-refractivity contribution in [2.45, 2.75) is 20.0 Å². The van der Waals surface area contributed by atoms with Crippen molar-refractivity contribution in [3.63, 3.8) is 0 Å². The Morgan fingerprint density at radius 3 is 2.35 bits per heavy atom. The fourth-order valence-electron chi connectivity index (χ4n) is 2.23. The van der Waals surface area contributed by atoms with Gasteiger partial charge in [0.15, 0.2) is 12.7 Å². The number of carbonyl (C=O) groups is 2. The number of hydrogen-bond donors (Lipinski definition) is 1. The van der Waals surface area contributed by atoms with E-state index in [1.54, 1.807) is 18.2 Å². The lowest BCUT2D eigenvalue weighted by atomic mass is 10.2. The lowest BCUT2D eigenvalue weighted by Gasteiger charge is -2.16.